The fraction of sp³-hybridized carbons (Fsp3) is 0.267. The van der Waals surface area contributed by atoms with Crippen LogP contribution < -0.4 is 10.1 Å². The fourth-order valence-electron chi connectivity index (χ4n) is 1.82. The number of nitrogens with zero attached hydrogens (tertiary/aromatic N) is 2. The summed E-state index contributed by atoms with van der Waals surface area (Å²) in [5, 5.41) is 2.74. The third-order valence-electron chi connectivity index (χ3n) is 2.96. The van der Waals surface area contributed by atoms with E-state index in [1.807, 2.05) is 12.1 Å². The molecule has 104 valence electrons. The summed E-state index contributed by atoms with van der Waals surface area (Å²) in [6.07, 6.45) is 4.49. The highest BCUT2D eigenvalue weighted by Gasteiger charge is 2.14. The van der Waals surface area contributed by atoms with E-state index in [2.05, 4.69) is 29.1 Å². The van der Waals surface area contributed by atoms with Gasteiger partial charge in [0.15, 0.2) is 0 Å². The molecule has 2 aromatic rings. The highest BCUT2D eigenvalue weighted by atomic mass is 16.5. The molecule has 1 heterocycles. The number of aromatic nitrogens is 2. The normalized spacial score (nSPS) is 10.4. The summed E-state index contributed by atoms with van der Waals surface area (Å²) in [5.41, 5.74) is 2.16. The van der Waals surface area contributed by atoms with E-state index in [9.17, 15) is 4.79 Å². The molecule has 0 aliphatic heterocycles. The topological polar surface area (TPSA) is 64.1 Å². The largest absolute Gasteiger partial charge is 0.496 e. The number of methoxy groups -OCH3 is 1. The van der Waals surface area contributed by atoms with E-state index in [1.165, 1.54) is 6.33 Å². The monoisotopic (exact) mass is 271 g/mol. The van der Waals surface area contributed by atoms with Gasteiger partial charge < -0.3 is 10.1 Å². The van der Waals surface area contributed by atoms with Crippen molar-refractivity contribution in [3.63, 3.8) is 0 Å². The molecule has 5 heteroatoms. The first-order chi connectivity index (χ1) is 9.61. The van der Waals surface area contributed by atoms with Gasteiger partial charge in [0, 0.05) is 0 Å². The van der Waals surface area contributed by atoms with Crippen LogP contribution in [-0.2, 0) is 0 Å². The maximum Gasteiger partial charge on any atom is 0.259 e. The number of benzene rings is 1. The zero-order valence-corrected chi connectivity index (χ0v) is 11.8. The molecule has 1 amide bonds. The standard InChI is InChI=1S/C15H17N3O2/c1-10(2)11-4-5-13(14(6-11)20-3)15(19)18-12-7-16-9-17-8-12/h4-10H,1-3H3,(H,18,19). The summed E-state index contributed by atoms with van der Waals surface area (Å²) >= 11 is 0. The lowest BCUT2D eigenvalue weighted by Gasteiger charge is -2.12. The summed E-state index contributed by atoms with van der Waals surface area (Å²) in [7, 11) is 1.56. The van der Waals surface area contributed by atoms with Crippen LogP contribution in [0.1, 0.15) is 35.7 Å². The second-order valence-corrected chi connectivity index (χ2v) is 4.70. The Hall–Kier alpha value is -2.43. The molecule has 1 N–H and O–H groups in total. The van der Waals surface area contributed by atoms with Gasteiger partial charge in [0.2, 0.25) is 0 Å². The van der Waals surface area contributed by atoms with Crippen LogP contribution in [0.3, 0.4) is 0 Å². The van der Waals surface area contributed by atoms with Gasteiger partial charge in [-0.1, -0.05) is 19.9 Å². The Morgan fingerprint density at radius 3 is 2.55 bits per heavy atom. The van der Waals surface area contributed by atoms with Gasteiger partial charge in [-0.05, 0) is 23.6 Å². The maximum absolute atomic E-state index is 12.2. The minimum Gasteiger partial charge on any atom is -0.496 e. The molecule has 2 rings (SSSR count). The second kappa shape index (κ2) is 6.14. The quantitative estimate of drug-likeness (QED) is 0.928. The van der Waals surface area contributed by atoms with Crippen LogP contribution >= 0.6 is 0 Å². The van der Waals surface area contributed by atoms with Crippen molar-refractivity contribution < 1.29 is 9.53 Å². The Morgan fingerprint density at radius 1 is 1.25 bits per heavy atom. The summed E-state index contributed by atoms with van der Waals surface area (Å²) in [6, 6.07) is 5.60. The van der Waals surface area contributed by atoms with Gasteiger partial charge in [-0.3, -0.25) is 4.79 Å². The number of rotatable bonds is 4. The number of hydrogen-bond acceptors (Lipinski definition) is 4. The lowest BCUT2D eigenvalue weighted by Crippen LogP contribution is -2.13. The minimum atomic E-state index is -0.244. The number of anilines is 1. The molecular weight excluding hydrogens is 254 g/mol. The van der Waals surface area contributed by atoms with Crippen molar-refractivity contribution in [3.8, 4) is 5.75 Å². The molecule has 0 bridgehead atoms. The van der Waals surface area contributed by atoms with E-state index >= 15 is 0 Å². The third kappa shape index (κ3) is 3.12. The van der Waals surface area contributed by atoms with Gasteiger partial charge in [-0.15, -0.1) is 0 Å². The first-order valence-corrected chi connectivity index (χ1v) is 6.36. The lowest BCUT2D eigenvalue weighted by molar-refractivity contribution is 0.102. The predicted octanol–water partition coefficient (Wildman–Crippen LogP) is 2.86. The summed E-state index contributed by atoms with van der Waals surface area (Å²) in [4.78, 5) is 19.9. The van der Waals surface area contributed by atoms with Gasteiger partial charge >= 0.3 is 0 Å². The predicted molar refractivity (Wildman–Crippen MR) is 77.1 cm³/mol. The third-order valence-corrected chi connectivity index (χ3v) is 2.96. The highest BCUT2D eigenvalue weighted by molar-refractivity contribution is 6.06. The molecule has 0 saturated carbocycles. The van der Waals surface area contributed by atoms with Crippen LogP contribution in [0, 0.1) is 0 Å². The van der Waals surface area contributed by atoms with Crippen molar-refractivity contribution >= 4 is 11.6 Å². The number of nitrogens with one attached hydrogen (secondary N) is 1. The zero-order chi connectivity index (χ0) is 14.5. The molecule has 0 atom stereocenters. The maximum atomic E-state index is 12.2. The average Bonchev–Trinajstić information content (AvgIpc) is 2.47. The number of carbonyl (C=O) groups excluding carboxylic acids is 1. The van der Waals surface area contributed by atoms with Crippen molar-refractivity contribution in [2.24, 2.45) is 0 Å². The number of carbonyl (C=O) groups is 1. The molecular formula is C15H17N3O2. The van der Waals surface area contributed by atoms with E-state index in [-0.39, 0.29) is 5.91 Å². The van der Waals surface area contributed by atoms with E-state index in [0.29, 0.717) is 22.9 Å². The van der Waals surface area contributed by atoms with Gasteiger partial charge in [-0.2, -0.15) is 0 Å². The number of amides is 1. The van der Waals surface area contributed by atoms with Crippen molar-refractivity contribution in [2.75, 3.05) is 12.4 Å². The minimum absolute atomic E-state index is 0.244. The lowest BCUT2D eigenvalue weighted by atomic mass is 10.0. The van der Waals surface area contributed by atoms with E-state index in [4.69, 9.17) is 4.74 Å². The van der Waals surface area contributed by atoms with Crippen molar-refractivity contribution in [2.45, 2.75) is 19.8 Å². The van der Waals surface area contributed by atoms with Crippen molar-refractivity contribution in [1.29, 1.82) is 0 Å². The molecule has 0 aliphatic carbocycles. The first-order valence-electron chi connectivity index (χ1n) is 6.36. The SMILES string of the molecule is COc1cc(C(C)C)ccc1C(=O)Nc1cncnc1. The van der Waals surface area contributed by atoms with Crippen LogP contribution in [0.5, 0.6) is 5.75 Å². The fourth-order valence-corrected chi connectivity index (χ4v) is 1.82. The molecule has 0 radical (unpaired) electrons. The van der Waals surface area contributed by atoms with Crippen molar-refractivity contribution in [1.82, 2.24) is 9.97 Å². The molecule has 0 saturated heterocycles. The highest BCUT2D eigenvalue weighted by Crippen LogP contribution is 2.25. The van der Waals surface area contributed by atoms with Crippen LogP contribution in [0.25, 0.3) is 0 Å². The van der Waals surface area contributed by atoms with E-state index in [1.54, 1.807) is 25.6 Å². The van der Waals surface area contributed by atoms with Gasteiger partial charge in [0.05, 0.1) is 30.8 Å². The Bertz CT molecular complexity index is 597. The molecule has 5 nitrogen and oxygen atoms in total. The Morgan fingerprint density at radius 2 is 1.95 bits per heavy atom. The zero-order valence-electron chi connectivity index (χ0n) is 11.8. The summed E-state index contributed by atoms with van der Waals surface area (Å²) < 4.78 is 5.30. The molecule has 1 aromatic carbocycles. The molecule has 20 heavy (non-hydrogen) atoms. The smallest absolute Gasteiger partial charge is 0.259 e. The number of ether oxygens (including phenoxy) is 1. The summed E-state index contributed by atoms with van der Waals surface area (Å²) in [5.74, 6) is 0.695. The van der Waals surface area contributed by atoms with Crippen LogP contribution in [0.15, 0.2) is 36.9 Å². The van der Waals surface area contributed by atoms with E-state index < -0.39 is 0 Å². The molecule has 0 fully saturated rings. The Labute approximate surface area is 118 Å². The van der Waals surface area contributed by atoms with E-state index in [0.717, 1.165) is 5.56 Å². The Kier molecular flexibility index (Phi) is 4.30. The van der Waals surface area contributed by atoms with Crippen LogP contribution in [0.2, 0.25) is 0 Å². The average molecular weight is 271 g/mol. The van der Waals surface area contributed by atoms with Crippen LogP contribution in [-0.4, -0.2) is 23.0 Å². The molecule has 0 spiro atoms. The molecule has 0 aliphatic rings. The first kappa shape index (κ1) is 14.0. The molecule has 1 aromatic heterocycles. The van der Waals surface area contributed by atoms with Crippen LogP contribution in [0.4, 0.5) is 5.69 Å². The second-order valence-electron chi connectivity index (χ2n) is 4.70. The Balaban J connectivity index is 2.25. The van der Waals surface area contributed by atoms with Gasteiger partial charge in [-0.25, -0.2) is 9.97 Å². The number of hydrogen-bond donors (Lipinski definition) is 1. The van der Waals surface area contributed by atoms with Gasteiger partial charge in [0.25, 0.3) is 5.91 Å². The van der Waals surface area contributed by atoms with Crippen molar-refractivity contribution in [3.05, 3.63) is 48.0 Å². The summed E-state index contributed by atoms with van der Waals surface area (Å²) in [6.45, 7) is 4.19. The van der Waals surface area contributed by atoms with Gasteiger partial charge in [0.1, 0.15) is 12.1 Å². The molecule has 0 unspecified atom stereocenters.